The number of nitrogens with one attached hydrogen (secondary N) is 1. The molecule has 1 N–H and O–H groups in total. The molecule has 2 unspecified atom stereocenters. The molecule has 0 aromatic carbocycles. The highest BCUT2D eigenvalue weighted by Gasteiger charge is 2.23. The Kier molecular flexibility index (Phi) is 4.58. The second-order valence-electron chi connectivity index (χ2n) is 5.56. The minimum absolute atomic E-state index is 0.446. The van der Waals surface area contributed by atoms with Crippen LogP contribution in [0.5, 0.6) is 0 Å². The molecule has 2 heterocycles. The Morgan fingerprint density at radius 2 is 2.00 bits per heavy atom. The largest absolute Gasteiger partial charge is 0.377 e. The van der Waals surface area contributed by atoms with Gasteiger partial charge in [-0.2, -0.15) is 0 Å². The summed E-state index contributed by atoms with van der Waals surface area (Å²) >= 11 is 0. The molecule has 1 fully saturated rings. The minimum atomic E-state index is 0.446. The molecule has 2 rings (SSSR count). The van der Waals surface area contributed by atoms with E-state index in [1.54, 1.807) is 7.11 Å². The van der Waals surface area contributed by atoms with Gasteiger partial charge in [0, 0.05) is 33.3 Å². The van der Waals surface area contributed by atoms with Crippen molar-refractivity contribution in [1.82, 2.24) is 9.97 Å². The monoisotopic (exact) mass is 264 g/mol. The summed E-state index contributed by atoms with van der Waals surface area (Å²) in [6.07, 6.45) is 1.30. The average Bonchev–Trinajstić information content (AvgIpc) is 2.37. The summed E-state index contributed by atoms with van der Waals surface area (Å²) in [7, 11) is 3.55. The topological polar surface area (TPSA) is 50.3 Å². The third-order valence-corrected chi connectivity index (χ3v) is 3.48. The normalized spacial score (nSPS) is 23.5. The number of ether oxygens (including phenoxy) is 1. The van der Waals surface area contributed by atoms with Gasteiger partial charge < -0.3 is 15.0 Å². The van der Waals surface area contributed by atoms with Crippen LogP contribution in [0.3, 0.4) is 0 Å². The predicted molar refractivity (Wildman–Crippen MR) is 77.4 cm³/mol. The van der Waals surface area contributed by atoms with Gasteiger partial charge in [0.15, 0.2) is 5.82 Å². The molecule has 106 valence electrons. The predicted octanol–water partition coefficient (Wildman–Crippen LogP) is 2.15. The third-order valence-electron chi connectivity index (χ3n) is 3.48. The van der Waals surface area contributed by atoms with Crippen LogP contribution >= 0.6 is 0 Å². The summed E-state index contributed by atoms with van der Waals surface area (Å²) in [5.74, 6) is 4.01. The van der Waals surface area contributed by atoms with E-state index in [1.807, 2.05) is 13.1 Å². The van der Waals surface area contributed by atoms with Crippen LogP contribution in [0.25, 0.3) is 0 Å². The van der Waals surface area contributed by atoms with E-state index in [0.717, 1.165) is 30.5 Å². The summed E-state index contributed by atoms with van der Waals surface area (Å²) in [5, 5.41) is 3.09. The van der Waals surface area contributed by atoms with E-state index in [0.29, 0.717) is 18.4 Å². The smallest absolute Gasteiger partial charge is 0.158 e. The first-order valence-electron chi connectivity index (χ1n) is 6.92. The maximum Gasteiger partial charge on any atom is 0.158 e. The Bertz CT molecular complexity index is 414. The van der Waals surface area contributed by atoms with Crippen LogP contribution < -0.4 is 10.2 Å². The lowest BCUT2D eigenvalue weighted by molar-refractivity contribution is 0.178. The van der Waals surface area contributed by atoms with Gasteiger partial charge in [0.05, 0.1) is 0 Å². The molecule has 1 saturated heterocycles. The van der Waals surface area contributed by atoms with Crippen molar-refractivity contribution >= 4 is 11.6 Å². The first-order valence-corrected chi connectivity index (χ1v) is 6.92. The van der Waals surface area contributed by atoms with Gasteiger partial charge in [-0.05, 0) is 18.3 Å². The van der Waals surface area contributed by atoms with E-state index in [4.69, 9.17) is 4.74 Å². The fourth-order valence-corrected chi connectivity index (χ4v) is 2.82. The molecule has 0 aliphatic carbocycles. The molecular formula is C14H24N4O. The van der Waals surface area contributed by atoms with Gasteiger partial charge in [-0.3, -0.25) is 0 Å². The van der Waals surface area contributed by atoms with Crippen molar-refractivity contribution in [3.8, 4) is 0 Å². The maximum atomic E-state index is 5.14. The Balaban J connectivity index is 2.24. The zero-order valence-electron chi connectivity index (χ0n) is 12.3. The third kappa shape index (κ3) is 3.56. The molecule has 0 spiro atoms. The van der Waals surface area contributed by atoms with E-state index in [-0.39, 0.29) is 0 Å². The van der Waals surface area contributed by atoms with Crippen LogP contribution in [0.2, 0.25) is 0 Å². The molecule has 2 atom stereocenters. The fraction of sp³-hybridized carbons (Fsp3) is 0.714. The van der Waals surface area contributed by atoms with Gasteiger partial charge >= 0.3 is 0 Å². The van der Waals surface area contributed by atoms with E-state index >= 15 is 0 Å². The van der Waals surface area contributed by atoms with E-state index in [1.165, 1.54) is 6.42 Å². The fourth-order valence-electron chi connectivity index (χ4n) is 2.82. The van der Waals surface area contributed by atoms with Gasteiger partial charge in [0.1, 0.15) is 18.2 Å². The Morgan fingerprint density at radius 1 is 1.32 bits per heavy atom. The molecule has 1 aromatic rings. The molecule has 0 amide bonds. The lowest BCUT2D eigenvalue weighted by atomic mass is 9.92. The molecule has 5 heteroatoms. The first kappa shape index (κ1) is 14.1. The zero-order chi connectivity index (χ0) is 13.8. The summed E-state index contributed by atoms with van der Waals surface area (Å²) in [6, 6.07) is 2.02. The number of hydrogen-bond acceptors (Lipinski definition) is 5. The SMILES string of the molecule is CNc1cc(N2CC(C)CC(C)C2)nc(COC)n1. The lowest BCUT2D eigenvalue weighted by Crippen LogP contribution is -2.39. The van der Waals surface area contributed by atoms with Gasteiger partial charge in [-0.25, -0.2) is 9.97 Å². The molecule has 1 aliphatic heterocycles. The van der Waals surface area contributed by atoms with Crippen LogP contribution in [-0.2, 0) is 11.3 Å². The molecule has 19 heavy (non-hydrogen) atoms. The van der Waals surface area contributed by atoms with Gasteiger partial charge in [-0.1, -0.05) is 13.8 Å². The number of anilines is 2. The van der Waals surface area contributed by atoms with Crippen LogP contribution in [0.15, 0.2) is 6.07 Å². The van der Waals surface area contributed by atoms with Crippen molar-refractivity contribution in [3.63, 3.8) is 0 Å². The molecule has 0 saturated carbocycles. The van der Waals surface area contributed by atoms with Crippen molar-refractivity contribution in [3.05, 3.63) is 11.9 Å². The summed E-state index contributed by atoms with van der Waals surface area (Å²) in [6.45, 7) is 7.19. The van der Waals surface area contributed by atoms with Gasteiger partial charge in [0.25, 0.3) is 0 Å². The van der Waals surface area contributed by atoms with Crippen molar-refractivity contribution in [2.75, 3.05) is 37.5 Å². The molecule has 5 nitrogen and oxygen atoms in total. The van der Waals surface area contributed by atoms with E-state index in [2.05, 4.69) is 34.0 Å². The number of rotatable bonds is 4. The summed E-state index contributed by atoms with van der Waals surface area (Å²) in [4.78, 5) is 11.4. The number of aromatic nitrogens is 2. The molecule has 1 aromatic heterocycles. The number of methoxy groups -OCH3 is 1. The van der Waals surface area contributed by atoms with Crippen molar-refractivity contribution in [1.29, 1.82) is 0 Å². The van der Waals surface area contributed by atoms with Crippen LogP contribution in [0.4, 0.5) is 11.6 Å². The minimum Gasteiger partial charge on any atom is -0.377 e. The lowest BCUT2D eigenvalue weighted by Gasteiger charge is -2.36. The molecular weight excluding hydrogens is 240 g/mol. The van der Waals surface area contributed by atoms with Crippen LogP contribution in [0, 0.1) is 11.8 Å². The van der Waals surface area contributed by atoms with Gasteiger partial charge in [-0.15, -0.1) is 0 Å². The summed E-state index contributed by atoms with van der Waals surface area (Å²) < 4.78 is 5.14. The highest BCUT2D eigenvalue weighted by atomic mass is 16.5. The quantitative estimate of drug-likeness (QED) is 0.903. The number of hydrogen-bond donors (Lipinski definition) is 1. The highest BCUT2D eigenvalue weighted by Crippen LogP contribution is 2.26. The van der Waals surface area contributed by atoms with Crippen molar-refractivity contribution in [2.24, 2.45) is 11.8 Å². The Labute approximate surface area is 115 Å². The average molecular weight is 264 g/mol. The molecule has 0 bridgehead atoms. The zero-order valence-corrected chi connectivity index (χ0v) is 12.3. The Hall–Kier alpha value is -1.36. The van der Waals surface area contributed by atoms with Crippen LogP contribution in [0.1, 0.15) is 26.1 Å². The molecule has 0 radical (unpaired) electrons. The highest BCUT2D eigenvalue weighted by molar-refractivity contribution is 5.49. The van der Waals surface area contributed by atoms with E-state index < -0.39 is 0 Å². The summed E-state index contributed by atoms with van der Waals surface area (Å²) in [5.41, 5.74) is 0. The second kappa shape index (κ2) is 6.19. The van der Waals surface area contributed by atoms with Crippen molar-refractivity contribution < 1.29 is 4.74 Å². The standard InChI is InChI=1S/C14H24N4O/c1-10-5-11(2)8-18(7-10)14-6-12(15-3)16-13(17-14)9-19-4/h6,10-11H,5,7-9H2,1-4H3,(H,15,16,17). The maximum absolute atomic E-state index is 5.14. The Morgan fingerprint density at radius 3 is 2.58 bits per heavy atom. The van der Waals surface area contributed by atoms with E-state index in [9.17, 15) is 0 Å². The molecule has 1 aliphatic rings. The van der Waals surface area contributed by atoms with Crippen molar-refractivity contribution in [2.45, 2.75) is 26.9 Å². The number of piperidine rings is 1. The number of nitrogens with zero attached hydrogens (tertiary/aromatic N) is 3. The first-order chi connectivity index (χ1) is 9.12. The van der Waals surface area contributed by atoms with Crippen LogP contribution in [-0.4, -0.2) is 37.2 Å². The van der Waals surface area contributed by atoms with Gasteiger partial charge in [0.2, 0.25) is 0 Å². The second-order valence-corrected chi connectivity index (χ2v) is 5.56.